The fourth-order valence-corrected chi connectivity index (χ4v) is 5.72. The minimum absolute atomic E-state index is 0.131. The van der Waals surface area contributed by atoms with Crippen molar-refractivity contribution >= 4 is 22.1 Å². The standard InChI is InChI=1S/C18H26N4O3S/c23-17(14-6-2-1-3-7-14)22-11-5-9-18(13-22)12-20-26(24,25)15-8-4-10-19-16(15)21-18/h4,8,10,14H,1-3,5-7,9,11-13H2,(H2-,19,20,21,24,25). The first-order valence-corrected chi connectivity index (χ1v) is 11.0. The zero-order chi connectivity index (χ0) is 18.2. The van der Waals surface area contributed by atoms with Crippen molar-refractivity contribution in [3.8, 4) is 0 Å². The van der Waals surface area contributed by atoms with Crippen molar-refractivity contribution in [2.24, 2.45) is 5.92 Å². The third kappa shape index (κ3) is 3.37. The van der Waals surface area contributed by atoms with E-state index in [1.165, 1.54) is 6.42 Å². The van der Waals surface area contributed by atoms with E-state index in [-0.39, 0.29) is 23.3 Å². The third-order valence-corrected chi connectivity index (χ3v) is 7.32. The molecule has 3 heterocycles. The van der Waals surface area contributed by atoms with Gasteiger partial charge in [-0.3, -0.25) is 4.79 Å². The lowest BCUT2D eigenvalue weighted by molar-refractivity contribution is -0.138. The molecule has 2 atom stereocenters. The molecule has 1 aliphatic carbocycles. The van der Waals surface area contributed by atoms with E-state index in [2.05, 4.69) is 15.0 Å². The molecule has 2 unspecified atom stereocenters. The fraction of sp³-hybridized carbons (Fsp3) is 0.667. The summed E-state index contributed by atoms with van der Waals surface area (Å²) in [6.07, 6.45) is 8.69. The topological polar surface area (TPSA) is 97.4 Å². The molecule has 0 radical (unpaired) electrons. The number of anilines is 1. The summed E-state index contributed by atoms with van der Waals surface area (Å²) in [4.78, 5) is 19.3. The van der Waals surface area contributed by atoms with Crippen molar-refractivity contribution < 1.29 is 13.6 Å². The van der Waals surface area contributed by atoms with Gasteiger partial charge in [0.15, 0.2) is 16.2 Å². The molecule has 2 N–H and O–H groups in total. The SMILES string of the molecule is O=C(C1CCCCC1)N1CCCC2(CN[S+](=O)([O-])c3cccnc3N2)C1. The summed E-state index contributed by atoms with van der Waals surface area (Å²) < 4.78 is 27.7. The average Bonchev–Trinajstić information content (AvgIpc) is 2.77. The second-order valence-electron chi connectivity index (χ2n) is 7.78. The van der Waals surface area contributed by atoms with Crippen LogP contribution < -0.4 is 10.0 Å². The highest BCUT2D eigenvalue weighted by Crippen LogP contribution is 2.34. The van der Waals surface area contributed by atoms with Crippen LogP contribution in [-0.4, -0.2) is 45.5 Å². The van der Waals surface area contributed by atoms with Gasteiger partial charge in [-0.2, -0.15) is 0 Å². The highest BCUT2D eigenvalue weighted by atomic mass is 32.3. The third-order valence-electron chi connectivity index (χ3n) is 5.89. The Bertz CT molecular complexity index is 737. The predicted molar refractivity (Wildman–Crippen MR) is 98.1 cm³/mol. The van der Waals surface area contributed by atoms with Crippen LogP contribution >= 0.6 is 0 Å². The first-order valence-electron chi connectivity index (χ1n) is 9.51. The van der Waals surface area contributed by atoms with Gasteiger partial charge in [-0.1, -0.05) is 23.5 Å². The minimum atomic E-state index is -3.59. The summed E-state index contributed by atoms with van der Waals surface area (Å²) in [7, 11) is -3.59. The Morgan fingerprint density at radius 2 is 2.12 bits per heavy atom. The number of likely N-dealkylation sites (tertiary alicyclic amines) is 1. The van der Waals surface area contributed by atoms with Gasteiger partial charge < -0.3 is 14.8 Å². The summed E-state index contributed by atoms with van der Waals surface area (Å²) in [5.74, 6) is 0.746. The van der Waals surface area contributed by atoms with Crippen molar-refractivity contribution in [1.82, 2.24) is 14.6 Å². The van der Waals surface area contributed by atoms with Gasteiger partial charge in [0.25, 0.3) is 0 Å². The molecule has 1 spiro atoms. The molecule has 0 bridgehead atoms. The number of piperidine rings is 1. The molecule has 3 aliphatic rings. The smallest absolute Gasteiger partial charge is 0.225 e. The molecule has 8 heteroatoms. The summed E-state index contributed by atoms with van der Waals surface area (Å²) >= 11 is 0. The molecule has 1 aromatic rings. The average molecular weight is 378 g/mol. The molecule has 2 fully saturated rings. The summed E-state index contributed by atoms with van der Waals surface area (Å²) in [5.41, 5.74) is -0.505. The van der Waals surface area contributed by atoms with E-state index in [4.69, 9.17) is 0 Å². The number of pyridine rings is 1. The summed E-state index contributed by atoms with van der Waals surface area (Å²) in [5, 5.41) is 3.37. The molecule has 1 aromatic heterocycles. The monoisotopic (exact) mass is 378 g/mol. The lowest BCUT2D eigenvalue weighted by Gasteiger charge is -2.43. The first kappa shape index (κ1) is 17.9. The van der Waals surface area contributed by atoms with E-state index in [0.717, 1.165) is 45.1 Å². The van der Waals surface area contributed by atoms with E-state index in [1.54, 1.807) is 18.3 Å². The Kier molecular flexibility index (Phi) is 4.75. The number of nitrogens with zero attached hydrogens (tertiary/aromatic N) is 2. The van der Waals surface area contributed by atoms with E-state index >= 15 is 0 Å². The lowest BCUT2D eigenvalue weighted by atomic mass is 9.85. The van der Waals surface area contributed by atoms with Crippen molar-refractivity contribution in [3.05, 3.63) is 18.3 Å². The lowest BCUT2D eigenvalue weighted by Crippen LogP contribution is -2.59. The number of amides is 1. The number of sulfonamides is 1. The summed E-state index contributed by atoms with van der Waals surface area (Å²) in [6.45, 7) is 1.53. The van der Waals surface area contributed by atoms with E-state index in [1.807, 2.05) is 4.90 Å². The van der Waals surface area contributed by atoms with Gasteiger partial charge in [0.05, 0.1) is 12.1 Å². The van der Waals surface area contributed by atoms with E-state index in [9.17, 15) is 13.6 Å². The highest BCUT2D eigenvalue weighted by molar-refractivity contribution is 7.96. The quantitative estimate of drug-likeness (QED) is 0.728. The predicted octanol–water partition coefficient (Wildman–Crippen LogP) is 1.94. The van der Waals surface area contributed by atoms with Crippen LogP contribution in [0.25, 0.3) is 0 Å². The van der Waals surface area contributed by atoms with E-state index in [0.29, 0.717) is 12.4 Å². The maximum absolute atomic E-state index is 13.0. The zero-order valence-electron chi connectivity index (χ0n) is 14.9. The molecule has 2 aliphatic heterocycles. The maximum Gasteiger partial charge on any atom is 0.225 e. The summed E-state index contributed by atoms with van der Waals surface area (Å²) in [6, 6.07) is 3.18. The van der Waals surface area contributed by atoms with Gasteiger partial charge in [0, 0.05) is 31.3 Å². The van der Waals surface area contributed by atoms with Crippen LogP contribution in [-0.2, 0) is 19.4 Å². The van der Waals surface area contributed by atoms with Gasteiger partial charge in [-0.25, -0.2) is 4.98 Å². The van der Waals surface area contributed by atoms with Crippen LogP contribution in [0.2, 0.25) is 0 Å². The second kappa shape index (κ2) is 6.90. The number of rotatable bonds is 1. The molecule has 142 valence electrons. The largest absolute Gasteiger partial charge is 0.593 e. The number of hydrogen-bond donors (Lipinski definition) is 2. The molecule has 0 aromatic carbocycles. The van der Waals surface area contributed by atoms with Gasteiger partial charge in [0.2, 0.25) is 10.8 Å². The van der Waals surface area contributed by atoms with Gasteiger partial charge in [-0.15, -0.1) is 4.72 Å². The molecule has 26 heavy (non-hydrogen) atoms. The number of hydrogen-bond acceptors (Lipinski definition) is 5. The molecule has 4 rings (SSSR count). The molecule has 1 saturated heterocycles. The van der Waals surface area contributed by atoms with Gasteiger partial charge in [-0.05, 0) is 31.7 Å². The van der Waals surface area contributed by atoms with Crippen LogP contribution in [0.1, 0.15) is 44.9 Å². The van der Waals surface area contributed by atoms with Crippen LogP contribution in [0.5, 0.6) is 0 Å². The Morgan fingerprint density at radius 1 is 1.31 bits per heavy atom. The fourth-order valence-electron chi connectivity index (χ4n) is 4.48. The van der Waals surface area contributed by atoms with Crippen LogP contribution in [0.4, 0.5) is 5.82 Å². The number of carbonyl (C=O) groups is 1. The molecular weight excluding hydrogens is 352 g/mol. The van der Waals surface area contributed by atoms with Crippen molar-refractivity contribution in [3.63, 3.8) is 0 Å². The van der Waals surface area contributed by atoms with Crippen LogP contribution in [0, 0.1) is 5.92 Å². The minimum Gasteiger partial charge on any atom is -0.593 e. The van der Waals surface area contributed by atoms with Crippen molar-refractivity contribution in [2.75, 3.05) is 25.0 Å². The van der Waals surface area contributed by atoms with Gasteiger partial charge >= 0.3 is 0 Å². The highest BCUT2D eigenvalue weighted by Gasteiger charge is 2.44. The molecular formula is C18H26N4O3S. The first-order chi connectivity index (χ1) is 12.5. The Hall–Kier alpha value is -1.51. The second-order valence-corrected chi connectivity index (χ2v) is 9.51. The number of aromatic nitrogens is 1. The van der Waals surface area contributed by atoms with Gasteiger partial charge in [0.1, 0.15) is 0 Å². The maximum atomic E-state index is 13.0. The van der Waals surface area contributed by atoms with Crippen LogP contribution in [0.3, 0.4) is 0 Å². The van der Waals surface area contributed by atoms with E-state index < -0.39 is 15.9 Å². The molecule has 1 amide bonds. The van der Waals surface area contributed by atoms with Crippen molar-refractivity contribution in [2.45, 2.75) is 55.4 Å². The number of nitrogens with one attached hydrogen (secondary N) is 2. The Labute approximate surface area is 155 Å². The number of fused-ring (bicyclic) bond motifs is 1. The zero-order valence-corrected chi connectivity index (χ0v) is 15.7. The van der Waals surface area contributed by atoms with Crippen LogP contribution in [0.15, 0.2) is 23.2 Å². The Morgan fingerprint density at radius 3 is 2.92 bits per heavy atom. The normalized spacial score (nSPS) is 32.6. The Balaban J connectivity index is 1.56. The molecule has 7 nitrogen and oxygen atoms in total. The number of carbonyl (C=O) groups excluding carboxylic acids is 1. The molecule has 1 saturated carbocycles. The van der Waals surface area contributed by atoms with Crippen molar-refractivity contribution in [1.29, 1.82) is 0 Å².